The molecule has 5 nitrogen and oxygen atoms in total. The van der Waals surface area contributed by atoms with Crippen molar-refractivity contribution in [2.24, 2.45) is 5.73 Å². The summed E-state index contributed by atoms with van der Waals surface area (Å²) in [7, 11) is 2.00. The average Bonchev–Trinajstić information content (AvgIpc) is 2.17. The van der Waals surface area contributed by atoms with Gasteiger partial charge in [-0.25, -0.2) is 0 Å². The minimum absolute atomic E-state index is 0.231. The van der Waals surface area contributed by atoms with E-state index in [1.165, 1.54) is 0 Å². The normalized spacial score (nSPS) is 11.1. The van der Waals surface area contributed by atoms with E-state index >= 15 is 0 Å². The Morgan fingerprint density at radius 1 is 1.07 bits per heavy atom. The number of nitrogens with one attached hydrogen (secondary N) is 2. The molecule has 0 aromatic carbocycles. The zero-order valence-electron chi connectivity index (χ0n) is 9.13. The summed E-state index contributed by atoms with van der Waals surface area (Å²) in [6, 6.07) is 0. The molecule has 0 radical (unpaired) electrons. The molecule has 0 aliphatic heterocycles. The molecule has 0 heterocycles. The number of hydrogen-bond acceptors (Lipinski definition) is 5. The molecule has 0 aromatic heterocycles. The highest BCUT2D eigenvalue weighted by Gasteiger charge is 1.95. The van der Waals surface area contributed by atoms with Gasteiger partial charge in [-0.3, -0.25) is 0 Å². The molecule has 0 fully saturated rings. The van der Waals surface area contributed by atoms with Crippen molar-refractivity contribution < 1.29 is 5.11 Å². The van der Waals surface area contributed by atoms with Gasteiger partial charge in [-0.05, 0) is 7.05 Å². The summed E-state index contributed by atoms with van der Waals surface area (Å²) in [5.41, 5.74) is 5.33. The van der Waals surface area contributed by atoms with Crippen LogP contribution in [0, 0.1) is 0 Å². The van der Waals surface area contributed by atoms with Gasteiger partial charge in [0.15, 0.2) is 0 Å². The van der Waals surface area contributed by atoms with Gasteiger partial charge in [-0.1, -0.05) is 0 Å². The van der Waals surface area contributed by atoms with E-state index in [9.17, 15) is 0 Å². The Kier molecular flexibility index (Phi) is 10.7. The Bertz CT molecular complexity index is 113. The number of likely N-dealkylation sites (N-methyl/N-ethyl adjacent to an activating group) is 1. The first-order valence-corrected chi connectivity index (χ1v) is 5.22. The third kappa shape index (κ3) is 9.88. The third-order valence-corrected chi connectivity index (χ3v) is 1.95. The van der Waals surface area contributed by atoms with Crippen LogP contribution in [0.25, 0.3) is 0 Å². The average molecular weight is 204 g/mol. The number of aliphatic hydroxyl groups excluding tert-OH is 1. The fraction of sp³-hybridized carbons (Fsp3) is 1.00. The largest absolute Gasteiger partial charge is 0.395 e. The van der Waals surface area contributed by atoms with Crippen molar-refractivity contribution in [1.29, 1.82) is 0 Å². The predicted octanol–water partition coefficient (Wildman–Crippen LogP) is -1.95. The number of aliphatic hydroxyl groups is 1. The lowest BCUT2D eigenvalue weighted by atomic mass is 10.5. The fourth-order valence-corrected chi connectivity index (χ4v) is 1.08. The lowest BCUT2D eigenvalue weighted by Gasteiger charge is -2.15. The van der Waals surface area contributed by atoms with Crippen molar-refractivity contribution in [2.45, 2.75) is 0 Å². The molecule has 0 aromatic rings. The van der Waals surface area contributed by atoms with Gasteiger partial charge in [0.2, 0.25) is 0 Å². The van der Waals surface area contributed by atoms with Gasteiger partial charge in [0.25, 0.3) is 0 Å². The standard InChI is InChI=1S/C9H24N4O/c1-13(8-9-14)7-6-12-5-4-11-3-2-10/h11-12,14H,2-10H2,1H3. The first-order valence-electron chi connectivity index (χ1n) is 5.22. The maximum absolute atomic E-state index is 8.65. The van der Waals surface area contributed by atoms with Crippen molar-refractivity contribution in [2.75, 3.05) is 59.5 Å². The van der Waals surface area contributed by atoms with Crippen molar-refractivity contribution in [3.63, 3.8) is 0 Å². The van der Waals surface area contributed by atoms with Gasteiger partial charge in [-0.2, -0.15) is 0 Å². The van der Waals surface area contributed by atoms with E-state index in [4.69, 9.17) is 10.8 Å². The van der Waals surface area contributed by atoms with Crippen molar-refractivity contribution >= 4 is 0 Å². The monoisotopic (exact) mass is 204 g/mol. The second-order valence-electron chi connectivity index (χ2n) is 3.32. The molecule has 5 heteroatoms. The highest BCUT2D eigenvalue weighted by Crippen LogP contribution is 1.77. The molecule has 0 bridgehead atoms. The minimum Gasteiger partial charge on any atom is -0.395 e. The molecule has 0 amide bonds. The maximum Gasteiger partial charge on any atom is 0.0558 e. The first kappa shape index (κ1) is 13.8. The SMILES string of the molecule is CN(CCO)CCNCCNCCN. The summed E-state index contributed by atoms with van der Waals surface area (Å²) in [6.45, 7) is 6.40. The molecule has 0 rings (SSSR count). The zero-order valence-corrected chi connectivity index (χ0v) is 9.13. The number of rotatable bonds is 10. The zero-order chi connectivity index (χ0) is 10.6. The van der Waals surface area contributed by atoms with Gasteiger partial charge in [-0.15, -0.1) is 0 Å². The van der Waals surface area contributed by atoms with Crippen LogP contribution in [0.15, 0.2) is 0 Å². The van der Waals surface area contributed by atoms with E-state index in [1.54, 1.807) is 0 Å². The summed E-state index contributed by atoms with van der Waals surface area (Å²) in [5.74, 6) is 0. The predicted molar refractivity (Wildman–Crippen MR) is 59.4 cm³/mol. The summed E-state index contributed by atoms with van der Waals surface area (Å²) in [6.07, 6.45) is 0. The molecule has 14 heavy (non-hydrogen) atoms. The van der Waals surface area contributed by atoms with Crippen LogP contribution in [0.1, 0.15) is 0 Å². The molecular weight excluding hydrogens is 180 g/mol. The highest BCUT2D eigenvalue weighted by molar-refractivity contribution is 4.56. The van der Waals surface area contributed by atoms with Crippen LogP contribution in [0.4, 0.5) is 0 Å². The molecular formula is C9H24N4O. The van der Waals surface area contributed by atoms with Gasteiger partial charge in [0.1, 0.15) is 0 Å². The van der Waals surface area contributed by atoms with Crippen LogP contribution in [0.5, 0.6) is 0 Å². The molecule has 0 aliphatic carbocycles. The highest BCUT2D eigenvalue weighted by atomic mass is 16.3. The smallest absolute Gasteiger partial charge is 0.0558 e. The Morgan fingerprint density at radius 2 is 1.71 bits per heavy atom. The van der Waals surface area contributed by atoms with Crippen LogP contribution in [-0.2, 0) is 0 Å². The maximum atomic E-state index is 8.65. The number of nitrogens with two attached hydrogens (primary N) is 1. The van der Waals surface area contributed by atoms with E-state index in [-0.39, 0.29) is 6.61 Å². The van der Waals surface area contributed by atoms with Crippen molar-refractivity contribution in [3.05, 3.63) is 0 Å². The molecule has 0 saturated heterocycles. The Hall–Kier alpha value is -0.200. The fourth-order valence-electron chi connectivity index (χ4n) is 1.08. The van der Waals surface area contributed by atoms with Gasteiger partial charge < -0.3 is 26.4 Å². The van der Waals surface area contributed by atoms with E-state index in [0.29, 0.717) is 6.54 Å². The molecule has 0 saturated carbocycles. The second kappa shape index (κ2) is 10.9. The lowest BCUT2D eigenvalue weighted by Crippen LogP contribution is -2.35. The summed E-state index contributed by atoms with van der Waals surface area (Å²) in [4.78, 5) is 2.10. The summed E-state index contributed by atoms with van der Waals surface area (Å²) < 4.78 is 0. The molecule has 5 N–H and O–H groups in total. The van der Waals surface area contributed by atoms with Crippen LogP contribution in [0.2, 0.25) is 0 Å². The van der Waals surface area contributed by atoms with Gasteiger partial charge >= 0.3 is 0 Å². The first-order chi connectivity index (χ1) is 6.81. The molecule has 86 valence electrons. The summed E-state index contributed by atoms with van der Waals surface area (Å²) >= 11 is 0. The van der Waals surface area contributed by atoms with Crippen LogP contribution < -0.4 is 16.4 Å². The number of nitrogens with zero attached hydrogens (tertiary/aromatic N) is 1. The van der Waals surface area contributed by atoms with Gasteiger partial charge in [0.05, 0.1) is 6.61 Å². The number of hydrogen-bond donors (Lipinski definition) is 4. The van der Waals surface area contributed by atoms with E-state index in [1.807, 2.05) is 7.05 Å². The minimum atomic E-state index is 0.231. The molecule has 0 unspecified atom stereocenters. The van der Waals surface area contributed by atoms with Crippen LogP contribution in [0.3, 0.4) is 0 Å². The molecule has 0 spiro atoms. The lowest BCUT2D eigenvalue weighted by molar-refractivity contribution is 0.222. The quantitative estimate of drug-likeness (QED) is 0.311. The molecule has 0 atom stereocenters. The third-order valence-electron chi connectivity index (χ3n) is 1.95. The van der Waals surface area contributed by atoms with E-state index < -0.39 is 0 Å². The Morgan fingerprint density at radius 3 is 2.29 bits per heavy atom. The second-order valence-corrected chi connectivity index (χ2v) is 3.32. The topological polar surface area (TPSA) is 73.5 Å². The van der Waals surface area contributed by atoms with E-state index in [2.05, 4.69) is 15.5 Å². The summed E-state index contributed by atoms with van der Waals surface area (Å²) in [5, 5.41) is 15.2. The van der Waals surface area contributed by atoms with Crippen molar-refractivity contribution in [1.82, 2.24) is 15.5 Å². The van der Waals surface area contributed by atoms with Gasteiger partial charge in [0, 0.05) is 45.8 Å². The van der Waals surface area contributed by atoms with Crippen molar-refractivity contribution in [3.8, 4) is 0 Å². The van der Waals surface area contributed by atoms with Crippen LogP contribution >= 0.6 is 0 Å². The van der Waals surface area contributed by atoms with Crippen LogP contribution in [-0.4, -0.2) is 69.5 Å². The molecule has 0 aliphatic rings. The van der Waals surface area contributed by atoms with E-state index in [0.717, 1.165) is 39.3 Å². The Balaban J connectivity index is 2.98. The Labute approximate surface area is 86.7 Å².